The van der Waals surface area contributed by atoms with Gasteiger partial charge in [0.05, 0.1) is 17.2 Å². The summed E-state index contributed by atoms with van der Waals surface area (Å²) < 4.78 is 2.46. The molecule has 0 radical (unpaired) electrons. The molecule has 7 heteroatoms. The SMILES string of the molecule is C=CC1(CC)[n+]2ccc(-c3cccnc3)cc2N2B(N(c3cc(-c4cccnc4)ccn3)c3ccccc32)C1(C)CC. The van der Waals surface area contributed by atoms with Crippen LogP contribution in [-0.2, 0) is 5.54 Å². The Bertz CT molecular complexity index is 1780. The molecule has 0 aliphatic carbocycles. The quantitative estimate of drug-likeness (QED) is 0.123. The largest absolute Gasteiger partial charge is 0.518 e. The van der Waals surface area contributed by atoms with E-state index in [1.54, 1.807) is 0 Å². The van der Waals surface area contributed by atoms with Crippen LogP contribution in [0.3, 0.4) is 0 Å². The molecule has 2 aliphatic heterocycles. The molecule has 2 aliphatic rings. The number of nitrogens with zero attached hydrogens (tertiary/aromatic N) is 6. The Morgan fingerprint density at radius 2 is 1.45 bits per heavy atom. The van der Waals surface area contributed by atoms with Crippen molar-refractivity contribution < 1.29 is 4.57 Å². The van der Waals surface area contributed by atoms with E-state index in [0.717, 1.165) is 52.4 Å². The van der Waals surface area contributed by atoms with Crippen molar-refractivity contribution in [2.75, 3.05) is 9.62 Å². The highest BCUT2D eigenvalue weighted by molar-refractivity contribution is 6.76. The van der Waals surface area contributed by atoms with Crippen molar-refractivity contribution in [3.63, 3.8) is 0 Å². The molecule has 206 valence electrons. The summed E-state index contributed by atoms with van der Waals surface area (Å²) in [5.41, 5.74) is 6.37. The first-order chi connectivity index (χ1) is 20.6. The van der Waals surface area contributed by atoms with E-state index in [2.05, 4.69) is 124 Å². The molecule has 0 fully saturated rings. The molecule has 0 amide bonds. The molecular formula is C35H34BN6+. The summed E-state index contributed by atoms with van der Waals surface area (Å²) in [6.07, 6.45) is 15.7. The minimum atomic E-state index is -0.340. The van der Waals surface area contributed by atoms with Gasteiger partial charge in [0.15, 0.2) is 0 Å². The predicted octanol–water partition coefficient (Wildman–Crippen LogP) is 7.75. The van der Waals surface area contributed by atoms with Crippen molar-refractivity contribution >= 4 is 30.0 Å². The van der Waals surface area contributed by atoms with E-state index in [1.807, 2.05) is 43.1 Å². The minimum Gasteiger partial charge on any atom is -0.324 e. The van der Waals surface area contributed by atoms with Crippen molar-refractivity contribution in [1.82, 2.24) is 15.0 Å². The van der Waals surface area contributed by atoms with Crippen molar-refractivity contribution in [2.45, 2.75) is 44.5 Å². The number of rotatable bonds is 6. The van der Waals surface area contributed by atoms with Crippen LogP contribution >= 0.6 is 0 Å². The molecule has 0 spiro atoms. The first-order valence-corrected chi connectivity index (χ1v) is 14.7. The summed E-state index contributed by atoms with van der Waals surface area (Å²) in [6, 6.07) is 25.7. The topological polar surface area (TPSA) is 49.0 Å². The average molecular weight is 550 g/mol. The third kappa shape index (κ3) is 3.59. The second-order valence-electron chi connectivity index (χ2n) is 11.4. The summed E-state index contributed by atoms with van der Waals surface area (Å²) in [5, 5.41) is -0.234. The molecule has 0 N–H and O–H groups in total. The van der Waals surface area contributed by atoms with Gasteiger partial charge in [-0.25, -0.2) is 9.55 Å². The molecule has 2 atom stereocenters. The second-order valence-corrected chi connectivity index (χ2v) is 11.4. The van der Waals surface area contributed by atoms with Crippen LogP contribution in [0, 0.1) is 0 Å². The fourth-order valence-corrected chi connectivity index (χ4v) is 7.34. The van der Waals surface area contributed by atoms with Crippen LogP contribution < -0.4 is 14.2 Å². The normalized spacial score (nSPS) is 20.6. The van der Waals surface area contributed by atoms with Crippen molar-refractivity contribution in [2.24, 2.45) is 0 Å². The Balaban J connectivity index is 1.51. The molecular weight excluding hydrogens is 515 g/mol. The molecule has 42 heavy (non-hydrogen) atoms. The maximum atomic E-state index is 5.00. The number of hydrogen-bond acceptors (Lipinski definition) is 5. The molecule has 6 nitrogen and oxygen atoms in total. The first kappa shape index (κ1) is 26.1. The smallest absolute Gasteiger partial charge is 0.324 e. The first-order valence-electron chi connectivity index (χ1n) is 14.7. The lowest BCUT2D eigenvalue weighted by atomic mass is 9.39. The summed E-state index contributed by atoms with van der Waals surface area (Å²) in [5.74, 6) is 2.05. The van der Waals surface area contributed by atoms with Gasteiger partial charge < -0.3 is 4.81 Å². The minimum absolute atomic E-state index is 0.0429. The van der Waals surface area contributed by atoms with E-state index in [-0.39, 0.29) is 17.8 Å². The number of allylic oxidation sites excluding steroid dienone is 1. The van der Waals surface area contributed by atoms with E-state index in [1.165, 1.54) is 5.69 Å². The van der Waals surface area contributed by atoms with Crippen LogP contribution in [0.2, 0.25) is 5.31 Å². The van der Waals surface area contributed by atoms with Gasteiger partial charge in [0.25, 0.3) is 5.82 Å². The van der Waals surface area contributed by atoms with Gasteiger partial charge in [0.1, 0.15) is 17.0 Å². The molecule has 1 aromatic carbocycles. The predicted molar refractivity (Wildman–Crippen MR) is 171 cm³/mol. The van der Waals surface area contributed by atoms with E-state index in [0.29, 0.717) is 0 Å². The van der Waals surface area contributed by atoms with Gasteiger partial charge >= 0.3 is 6.98 Å². The fraction of sp³-hybridized carbons (Fsp3) is 0.200. The summed E-state index contributed by atoms with van der Waals surface area (Å²) >= 11 is 0. The maximum Gasteiger partial charge on any atom is 0.518 e. The van der Waals surface area contributed by atoms with Gasteiger partial charge in [-0.3, -0.25) is 14.8 Å². The zero-order valence-electron chi connectivity index (χ0n) is 24.4. The van der Waals surface area contributed by atoms with Crippen molar-refractivity contribution in [1.29, 1.82) is 0 Å². The number of anilines is 4. The molecule has 2 unspecified atom stereocenters. The number of benzene rings is 1. The second kappa shape index (κ2) is 9.95. The van der Waals surface area contributed by atoms with Gasteiger partial charge in [0, 0.05) is 48.2 Å². The lowest BCUT2D eigenvalue weighted by Gasteiger charge is -2.51. The standard InChI is InChI=1S/C35H34BN6/c1-5-34(4)35(6-2,7-3)40-21-17-27(29-13-11-19-38-25-29)23-33(40)42-31-15-9-8-14-30(31)41(36(34)42)32-22-26(16-20-39-32)28-12-10-18-37-24-28/h6,8-25H,2,5,7H2,1,3-4H3/q+1. The highest BCUT2D eigenvalue weighted by Gasteiger charge is 2.71. The third-order valence-corrected chi connectivity index (χ3v) is 9.65. The lowest BCUT2D eigenvalue weighted by Crippen LogP contribution is -2.74. The molecule has 7 rings (SSSR count). The van der Waals surface area contributed by atoms with Crippen LogP contribution in [0.1, 0.15) is 33.6 Å². The molecule has 4 aromatic heterocycles. The highest BCUT2D eigenvalue weighted by Crippen LogP contribution is 2.61. The van der Waals surface area contributed by atoms with Gasteiger partial charge in [0.2, 0.25) is 0 Å². The Morgan fingerprint density at radius 3 is 2.05 bits per heavy atom. The van der Waals surface area contributed by atoms with Crippen LogP contribution in [0.4, 0.5) is 23.0 Å². The van der Waals surface area contributed by atoms with Crippen LogP contribution in [0.15, 0.2) is 123 Å². The van der Waals surface area contributed by atoms with Crippen LogP contribution in [0.5, 0.6) is 0 Å². The average Bonchev–Trinajstić information content (AvgIpc) is 3.42. The molecule has 5 aromatic rings. The van der Waals surface area contributed by atoms with E-state index in [4.69, 9.17) is 4.98 Å². The summed E-state index contributed by atoms with van der Waals surface area (Å²) in [6.45, 7) is 11.4. The van der Waals surface area contributed by atoms with E-state index >= 15 is 0 Å². The highest BCUT2D eigenvalue weighted by atomic mass is 15.4. The monoisotopic (exact) mass is 549 g/mol. The van der Waals surface area contributed by atoms with Gasteiger partial charge in [-0.2, -0.15) is 0 Å². The molecule has 0 saturated carbocycles. The maximum absolute atomic E-state index is 5.00. The Hall–Kier alpha value is -4.78. The van der Waals surface area contributed by atoms with Crippen molar-refractivity contribution in [3.05, 3.63) is 123 Å². The zero-order valence-corrected chi connectivity index (χ0v) is 24.4. The number of pyridine rings is 4. The summed E-state index contributed by atoms with van der Waals surface area (Å²) in [4.78, 5) is 18.7. The van der Waals surface area contributed by atoms with Gasteiger partial charge in [-0.05, 0) is 72.5 Å². The number of fused-ring (bicyclic) bond motifs is 5. The van der Waals surface area contributed by atoms with Gasteiger partial charge in [-0.1, -0.05) is 51.6 Å². The molecule has 6 heterocycles. The fourth-order valence-electron chi connectivity index (χ4n) is 7.34. The number of para-hydroxylation sites is 2. The zero-order chi connectivity index (χ0) is 28.9. The molecule has 0 saturated heterocycles. The van der Waals surface area contributed by atoms with E-state index < -0.39 is 0 Å². The van der Waals surface area contributed by atoms with Crippen LogP contribution in [-0.4, -0.2) is 21.9 Å². The van der Waals surface area contributed by atoms with Gasteiger partial charge in [-0.15, -0.1) is 0 Å². The Kier molecular flexibility index (Phi) is 6.19. The molecule has 0 bridgehead atoms. The van der Waals surface area contributed by atoms with Crippen molar-refractivity contribution in [3.8, 4) is 22.3 Å². The third-order valence-electron chi connectivity index (χ3n) is 9.65. The lowest BCUT2D eigenvalue weighted by molar-refractivity contribution is -0.749. The van der Waals surface area contributed by atoms with Crippen LogP contribution in [0.25, 0.3) is 22.3 Å². The number of hydrogen-bond donors (Lipinski definition) is 0. The summed E-state index contributed by atoms with van der Waals surface area (Å²) in [7, 11) is 0. The Labute approximate surface area is 248 Å². The number of aromatic nitrogens is 4. The Morgan fingerprint density at radius 1 is 0.786 bits per heavy atom. The van der Waals surface area contributed by atoms with E-state index in [9.17, 15) is 0 Å².